The van der Waals surface area contributed by atoms with Gasteiger partial charge in [0.05, 0.1) is 24.5 Å². The molecule has 1 amide bonds. The van der Waals surface area contributed by atoms with Gasteiger partial charge in [0.1, 0.15) is 17.9 Å². The predicted molar refractivity (Wildman–Crippen MR) is 123 cm³/mol. The van der Waals surface area contributed by atoms with E-state index >= 15 is 0 Å². The molecule has 32 heavy (non-hydrogen) atoms. The van der Waals surface area contributed by atoms with Crippen LogP contribution in [0.3, 0.4) is 0 Å². The minimum absolute atomic E-state index is 0.143. The van der Waals surface area contributed by atoms with Gasteiger partial charge < -0.3 is 9.64 Å². The molecule has 0 aromatic heterocycles. The zero-order valence-electron chi connectivity index (χ0n) is 17.5. The summed E-state index contributed by atoms with van der Waals surface area (Å²) in [5.74, 6) is 0.238. The second kappa shape index (κ2) is 8.41. The molecule has 2 aliphatic rings. The molecule has 2 heterocycles. The molecule has 0 radical (unpaired) electrons. The molecule has 6 nitrogen and oxygen atoms in total. The van der Waals surface area contributed by atoms with Crippen LogP contribution in [-0.2, 0) is 27.1 Å². The third-order valence-electron chi connectivity index (χ3n) is 5.95. The molecule has 0 N–H and O–H groups in total. The zero-order chi connectivity index (χ0) is 22.1. The van der Waals surface area contributed by atoms with Gasteiger partial charge >= 0.3 is 0 Å². The molecule has 0 spiro atoms. The van der Waals surface area contributed by atoms with Crippen LogP contribution in [0.15, 0.2) is 84.9 Å². The van der Waals surface area contributed by atoms with Gasteiger partial charge in [0, 0.05) is 6.42 Å². The first-order valence-corrected chi connectivity index (χ1v) is 12.3. The highest BCUT2D eigenvalue weighted by Gasteiger charge is 2.47. The molecular formula is C25H24N2O4S. The maximum Gasteiger partial charge on any atom is 0.246 e. The number of carbonyl (C=O) groups excluding carboxylic acids is 1. The Morgan fingerprint density at radius 1 is 0.844 bits per heavy atom. The van der Waals surface area contributed by atoms with E-state index < -0.39 is 16.1 Å². The van der Waals surface area contributed by atoms with Crippen molar-refractivity contribution in [1.29, 1.82) is 0 Å². The first-order chi connectivity index (χ1) is 15.5. The highest BCUT2D eigenvalue weighted by molar-refractivity contribution is 7.88. The van der Waals surface area contributed by atoms with Crippen molar-refractivity contribution in [1.82, 2.24) is 4.31 Å². The minimum Gasteiger partial charge on any atom is -0.487 e. The average Bonchev–Trinajstić information content (AvgIpc) is 3.24. The van der Waals surface area contributed by atoms with Gasteiger partial charge in [-0.1, -0.05) is 72.8 Å². The first kappa shape index (κ1) is 20.7. The van der Waals surface area contributed by atoms with E-state index in [4.69, 9.17) is 4.74 Å². The number of nitrogens with zero attached hydrogens (tertiary/aromatic N) is 2. The highest BCUT2D eigenvalue weighted by Crippen LogP contribution is 2.38. The maximum absolute atomic E-state index is 13.8. The third-order valence-corrected chi connectivity index (χ3v) is 7.77. The lowest BCUT2D eigenvalue weighted by Gasteiger charge is -2.31. The Morgan fingerprint density at radius 3 is 2.19 bits per heavy atom. The van der Waals surface area contributed by atoms with E-state index in [1.54, 1.807) is 17.0 Å². The van der Waals surface area contributed by atoms with Crippen LogP contribution in [0.25, 0.3) is 0 Å². The summed E-state index contributed by atoms with van der Waals surface area (Å²) in [4.78, 5) is 15.5. The van der Waals surface area contributed by atoms with Gasteiger partial charge in [0.15, 0.2) is 0 Å². The van der Waals surface area contributed by atoms with Gasteiger partial charge in [-0.15, -0.1) is 0 Å². The van der Waals surface area contributed by atoms with Gasteiger partial charge in [-0.3, -0.25) is 4.79 Å². The van der Waals surface area contributed by atoms with E-state index in [1.165, 1.54) is 4.31 Å². The molecule has 5 rings (SSSR count). The molecule has 1 fully saturated rings. The second-order valence-corrected chi connectivity index (χ2v) is 10.1. The molecule has 164 valence electrons. The van der Waals surface area contributed by atoms with Crippen molar-refractivity contribution in [3.05, 3.63) is 96.1 Å². The van der Waals surface area contributed by atoms with Crippen LogP contribution in [0.4, 0.5) is 5.69 Å². The summed E-state index contributed by atoms with van der Waals surface area (Å²) in [5, 5.41) is 0. The largest absolute Gasteiger partial charge is 0.487 e. The smallest absolute Gasteiger partial charge is 0.246 e. The van der Waals surface area contributed by atoms with E-state index in [0.717, 1.165) is 5.56 Å². The average molecular weight is 449 g/mol. The highest BCUT2D eigenvalue weighted by atomic mass is 32.2. The summed E-state index contributed by atoms with van der Waals surface area (Å²) in [5.41, 5.74) is 2.32. The quantitative estimate of drug-likeness (QED) is 0.598. The first-order valence-electron chi connectivity index (χ1n) is 10.7. The fraction of sp³-hybridized carbons (Fsp3) is 0.240. The van der Waals surface area contributed by atoms with Gasteiger partial charge in [0.25, 0.3) is 0 Å². The molecule has 2 atom stereocenters. The molecule has 7 heteroatoms. The predicted octanol–water partition coefficient (Wildman–Crippen LogP) is 3.59. The van der Waals surface area contributed by atoms with E-state index in [1.807, 2.05) is 72.8 Å². The normalized spacial score (nSPS) is 20.9. The number of rotatable bonds is 5. The van der Waals surface area contributed by atoms with Crippen molar-refractivity contribution in [3.8, 4) is 5.75 Å². The number of hydrogen-bond donors (Lipinski definition) is 0. The van der Waals surface area contributed by atoms with Crippen molar-refractivity contribution in [2.45, 2.75) is 30.9 Å². The van der Waals surface area contributed by atoms with E-state index in [2.05, 4.69) is 0 Å². The second-order valence-electron chi connectivity index (χ2n) is 8.18. The summed E-state index contributed by atoms with van der Waals surface area (Å²) in [6.07, 6.45) is -0.0264. The molecule has 0 aliphatic carbocycles. The van der Waals surface area contributed by atoms with Gasteiger partial charge in [-0.25, -0.2) is 8.42 Å². The Labute approximate surface area is 188 Å². The van der Waals surface area contributed by atoms with Crippen LogP contribution < -0.4 is 9.64 Å². The Kier molecular flexibility index (Phi) is 5.45. The van der Waals surface area contributed by atoms with Gasteiger partial charge in [0.2, 0.25) is 15.9 Å². The molecule has 3 aromatic rings. The Hall–Kier alpha value is -3.16. The standard InChI is InChI=1S/C25H24N2O4S/c28-25-23-15-21(17-27(23)32(29,30)18-20-11-5-2-6-12-20)31-24-14-8-7-13-22(24)26(25)16-19-9-3-1-4-10-19/h1-14,21,23H,15-18H2. The van der Waals surface area contributed by atoms with E-state index in [0.29, 0.717) is 30.0 Å². The fourth-order valence-electron chi connectivity index (χ4n) is 4.44. The summed E-state index contributed by atoms with van der Waals surface area (Å²) in [7, 11) is -3.71. The fourth-order valence-corrected chi connectivity index (χ4v) is 6.18. The van der Waals surface area contributed by atoms with Crippen molar-refractivity contribution in [3.63, 3.8) is 0 Å². The minimum atomic E-state index is -3.71. The molecule has 2 aliphatic heterocycles. The van der Waals surface area contributed by atoms with Crippen molar-refractivity contribution < 1.29 is 17.9 Å². The summed E-state index contributed by atoms with van der Waals surface area (Å²) < 4.78 is 34.3. The lowest BCUT2D eigenvalue weighted by Crippen LogP contribution is -2.48. The van der Waals surface area contributed by atoms with Crippen molar-refractivity contribution in [2.24, 2.45) is 0 Å². The van der Waals surface area contributed by atoms with E-state index in [9.17, 15) is 13.2 Å². The molecule has 0 saturated carbocycles. The van der Waals surface area contributed by atoms with Crippen LogP contribution >= 0.6 is 0 Å². The third kappa shape index (κ3) is 4.01. The Morgan fingerprint density at radius 2 is 1.47 bits per heavy atom. The SMILES string of the molecule is O=C1C2CC(CN2S(=O)(=O)Cc2ccccc2)Oc2ccccc2N1Cc1ccccc1. The molecule has 1 saturated heterocycles. The lowest BCUT2D eigenvalue weighted by molar-refractivity contribution is -0.122. The Bertz CT molecular complexity index is 1210. The number of sulfonamides is 1. The van der Waals surface area contributed by atoms with Crippen LogP contribution in [0.1, 0.15) is 17.5 Å². The Balaban J connectivity index is 1.51. The lowest BCUT2D eigenvalue weighted by atomic mass is 10.1. The monoisotopic (exact) mass is 448 g/mol. The van der Waals surface area contributed by atoms with Crippen LogP contribution in [0, 0.1) is 0 Å². The number of ether oxygens (including phenoxy) is 1. The van der Waals surface area contributed by atoms with E-state index in [-0.39, 0.29) is 24.3 Å². The van der Waals surface area contributed by atoms with Crippen molar-refractivity contribution in [2.75, 3.05) is 11.4 Å². The van der Waals surface area contributed by atoms with Gasteiger partial charge in [-0.05, 0) is 23.3 Å². The summed E-state index contributed by atoms with van der Waals surface area (Å²) >= 11 is 0. The van der Waals surface area contributed by atoms with Crippen LogP contribution in [0.2, 0.25) is 0 Å². The zero-order valence-corrected chi connectivity index (χ0v) is 18.3. The number of anilines is 1. The maximum atomic E-state index is 13.8. The number of carbonyl (C=O) groups is 1. The number of benzene rings is 3. The summed E-state index contributed by atoms with van der Waals surface area (Å²) in [6, 6.07) is 25.4. The van der Waals surface area contributed by atoms with Crippen LogP contribution in [0.5, 0.6) is 5.75 Å². The molecule has 2 bridgehead atoms. The number of para-hydroxylation sites is 2. The van der Waals surface area contributed by atoms with Crippen LogP contribution in [-0.4, -0.2) is 37.3 Å². The molecular weight excluding hydrogens is 424 g/mol. The van der Waals surface area contributed by atoms with Crippen molar-refractivity contribution >= 4 is 21.6 Å². The number of fused-ring (bicyclic) bond motifs is 3. The number of hydrogen-bond acceptors (Lipinski definition) is 4. The van der Waals surface area contributed by atoms with Gasteiger partial charge in [-0.2, -0.15) is 4.31 Å². The molecule has 2 unspecified atom stereocenters. The summed E-state index contributed by atoms with van der Waals surface area (Å²) in [6.45, 7) is 0.507. The topological polar surface area (TPSA) is 66.9 Å². The molecule has 3 aromatic carbocycles. The number of amides is 1.